The fourth-order valence-electron chi connectivity index (χ4n) is 1.62. The monoisotopic (exact) mass is 196 g/mol. The predicted molar refractivity (Wildman–Crippen MR) is 53.3 cm³/mol. The van der Waals surface area contributed by atoms with Crippen molar-refractivity contribution in [1.29, 1.82) is 0 Å². The Bertz CT molecular complexity index is 344. The summed E-state index contributed by atoms with van der Waals surface area (Å²) in [5.74, 6) is -0.153. The maximum absolute atomic E-state index is 13.3. The van der Waals surface area contributed by atoms with Gasteiger partial charge in [0.1, 0.15) is 5.82 Å². The highest BCUT2D eigenvalue weighted by Crippen LogP contribution is 2.31. The summed E-state index contributed by atoms with van der Waals surface area (Å²) in [5.41, 5.74) is 1.74. The highest BCUT2D eigenvalue weighted by molar-refractivity contribution is 6.22. The molecule has 13 heavy (non-hydrogen) atoms. The molecule has 1 aliphatic carbocycles. The van der Waals surface area contributed by atoms with Gasteiger partial charge < -0.3 is 0 Å². The van der Waals surface area contributed by atoms with E-state index in [0.717, 1.165) is 18.4 Å². The molecular formula is C11H10ClF. The van der Waals surface area contributed by atoms with Gasteiger partial charge in [-0.25, -0.2) is 4.39 Å². The SMILES string of the molecule is Fc1ccccc1C1=CC(Cl)CC1. The molecule has 1 atom stereocenters. The average molecular weight is 197 g/mol. The van der Waals surface area contributed by atoms with Crippen molar-refractivity contribution in [3.8, 4) is 0 Å². The first-order valence-corrected chi connectivity index (χ1v) is 4.80. The van der Waals surface area contributed by atoms with Crippen molar-refractivity contribution < 1.29 is 4.39 Å². The number of allylic oxidation sites excluding steroid dienone is 2. The van der Waals surface area contributed by atoms with Crippen molar-refractivity contribution in [2.45, 2.75) is 18.2 Å². The van der Waals surface area contributed by atoms with E-state index in [1.807, 2.05) is 12.1 Å². The van der Waals surface area contributed by atoms with Gasteiger partial charge in [-0.3, -0.25) is 0 Å². The van der Waals surface area contributed by atoms with E-state index in [1.165, 1.54) is 6.07 Å². The Morgan fingerprint density at radius 2 is 2.08 bits per heavy atom. The third-order valence-electron chi connectivity index (χ3n) is 2.29. The van der Waals surface area contributed by atoms with Gasteiger partial charge in [0.05, 0.1) is 5.38 Å². The minimum atomic E-state index is -0.153. The van der Waals surface area contributed by atoms with E-state index in [-0.39, 0.29) is 11.2 Å². The second kappa shape index (κ2) is 3.51. The van der Waals surface area contributed by atoms with Crippen LogP contribution < -0.4 is 0 Å². The van der Waals surface area contributed by atoms with Gasteiger partial charge in [0.15, 0.2) is 0 Å². The second-order valence-electron chi connectivity index (χ2n) is 3.23. The molecule has 0 aromatic heterocycles. The Morgan fingerprint density at radius 1 is 1.31 bits per heavy atom. The van der Waals surface area contributed by atoms with Crippen molar-refractivity contribution >= 4 is 17.2 Å². The van der Waals surface area contributed by atoms with Crippen LogP contribution in [0.1, 0.15) is 18.4 Å². The molecule has 0 fully saturated rings. The van der Waals surface area contributed by atoms with Crippen LogP contribution in [0.5, 0.6) is 0 Å². The molecule has 1 aromatic rings. The van der Waals surface area contributed by atoms with Gasteiger partial charge in [-0.15, -0.1) is 11.6 Å². The highest BCUT2D eigenvalue weighted by Gasteiger charge is 2.16. The number of rotatable bonds is 1. The number of hydrogen-bond acceptors (Lipinski definition) is 0. The largest absolute Gasteiger partial charge is 0.206 e. The minimum Gasteiger partial charge on any atom is -0.206 e. The van der Waals surface area contributed by atoms with Gasteiger partial charge in [0.25, 0.3) is 0 Å². The molecule has 0 saturated heterocycles. The van der Waals surface area contributed by atoms with Crippen LogP contribution in [0.3, 0.4) is 0 Å². The summed E-state index contributed by atoms with van der Waals surface area (Å²) in [6.07, 6.45) is 3.75. The molecule has 0 heterocycles. The third-order valence-corrected chi connectivity index (χ3v) is 2.64. The second-order valence-corrected chi connectivity index (χ2v) is 3.79. The van der Waals surface area contributed by atoms with E-state index in [9.17, 15) is 4.39 Å². The summed E-state index contributed by atoms with van der Waals surface area (Å²) in [4.78, 5) is 0. The highest BCUT2D eigenvalue weighted by atomic mass is 35.5. The van der Waals surface area contributed by atoms with Crippen LogP contribution >= 0.6 is 11.6 Å². The molecule has 68 valence electrons. The standard InChI is InChI=1S/C11H10ClF/c12-9-6-5-8(7-9)10-3-1-2-4-11(10)13/h1-4,7,9H,5-6H2. The summed E-state index contributed by atoms with van der Waals surface area (Å²) < 4.78 is 13.3. The van der Waals surface area contributed by atoms with Crippen LogP contribution in [0.4, 0.5) is 4.39 Å². The first-order valence-electron chi connectivity index (χ1n) is 4.37. The van der Waals surface area contributed by atoms with Gasteiger partial charge in [-0.2, -0.15) is 0 Å². The molecule has 1 aromatic carbocycles. The molecule has 0 N–H and O–H groups in total. The Morgan fingerprint density at radius 3 is 2.69 bits per heavy atom. The van der Waals surface area contributed by atoms with Gasteiger partial charge in [0.2, 0.25) is 0 Å². The van der Waals surface area contributed by atoms with Gasteiger partial charge >= 0.3 is 0 Å². The molecular weight excluding hydrogens is 187 g/mol. The van der Waals surface area contributed by atoms with Gasteiger partial charge in [0, 0.05) is 5.56 Å². The summed E-state index contributed by atoms with van der Waals surface area (Å²) in [7, 11) is 0. The third kappa shape index (κ3) is 1.75. The lowest BCUT2D eigenvalue weighted by Crippen LogP contribution is -1.85. The van der Waals surface area contributed by atoms with Gasteiger partial charge in [-0.05, 0) is 24.5 Å². The maximum Gasteiger partial charge on any atom is 0.130 e. The van der Waals surface area contributed by atoms with Crippen LogP contribution in [0.2, 0.25) is 0 Å². The lowest BCUT2D eigenvalue weighted by atomic mass is 10.1. The van der Waals surface area contributed by atoms with Crippen molar-refractivity contribution in [2.75, 3.05) is 0 Å². The summed E-state index contributed by atoms with van der Waals surface area (Å²) in [5, 5.41) is 0.0783. The van der Waals surface area contributed by atoms with Crippen LogP contribution in [-0.4, -0.2) is 5.38 Å². The van der Waals surface area contributed by atoms with Crippen molar-refractivity contribution in [3.05, 3.63) is 41.7 Å². The Balaban J connectivity index is 2.36. The van der Waals surface area contributed by atoms with Crippen molar-refractivity contribution in [2.24, 2.45) is 0 Å². The number of alkyl halides is 1. The Labute approximate surface area is 82.0 Å². The molecule has 0 aliphatic heterocycles. The van der Waals surface area contributed by atoms with Crippen molar-refractivity contribution in [1.82, 2.24) is 0 Å². The fourth-order valence-corrected chi connectivity index (χ4v) is 1.89. The first kappa shape index (κ1) is 8.76. The molecule has 1 aliphatic rings. The lowest BCUT2D eigenvalue weighted by molar-refractivity contribution is 0.623. The van der Waals surface area contributed by atoms with Gasteiger partial charge in [-0.1, -0.05) is 24.3 Å². The molecule has 0 radical (unpaired) electrons. The number of halogens is 2. The van der Waals surface area contributed by atoms with E-state index in [1.54, 1.807) is 12.1 Å². The quantitative estimate of drug-likeness (QED) is 0.602. The number of benzene rings is 1. The van der Waals surface area contributed by atoms with E-state index in [2.05, 4.69) is 0 Å². The normalized spacial score (nSPS) is 21.7. The minimum absolute atomic E-state index is 0.0783. The maximum atomic E-state index is 13.3. The number of hydrogen-bond donors (Lipinski definition) is 0. The van der Waals surface area contributed by atoms with Crippen molar-refractivity contribution in [3.63, 3.8) is 0 Å². The summed E-state index contributed by atoms with van der Waals surface area (Å²) in [6.45, 7) is 0. The lowest BCUT2D eigenvalue weighted by Gasteiger charge is -2.02. The van der Waals surface area contributed by atoms with E-state index in [0.29, 0.717) is 5.56 Å². The first-order chi connectivity index (χ1) is 6.27. The molecule has 0 saturated carbocycles. The zero-order valence-electron chi connectivity index (χ0n) is 7.13. The van der Waals surface area contributed by atoms with Crippen LogP contribution in [0.15, 0.2) is 30.3 Å². The molecule has 0 spiro atoms. The zero-order chi connectivity index (χ0) is 9.26. The molecule has 0 bridgehead atoms. The fraction of sp³-hybridized carbons (Fsp3) is 0.273. The van der Waals surface area contributed by atoms with E-state index in [4.69, 9.17) is 11.6 Å². The molecule has 2 rings (SSSR count). The Kier molecular flexibility index (Phi) is 2.36. The summed E-state index contributed by atoms with van der Waals surface area (Å²) in [6, 6.07) is 6.83. The predicted octanol–water partition coefficient (Wildman–Crippen LogP) is 3.61. The van der Waals surface area contributed by atoms with Crippen LogP contribution in [0, 0.1) is 5.82 Å². The van der Waals surface area contributed by atoms with Crippen LogP contribution in [-0.2, 0) is 0 Å². The van der Waals surface area contributed by atoms with E-state index >= 15 is 0 Å². The smallest absolute Gasteiger partial charge is 0.130 e. The molecule has 0 amide bonds. The average Bonchev–Trinajstić information content (AvgIpc) is 2.53. The molecule has 2 heteroatoms. The summed E-state index contributed by atoms with van der Waals surface area (Å²) >= 11 is 5.91. The molecule has 0 nitrogen and oxygen atoms in total. The molecule has 1 unspecified atom stereocenters. The van der Waals surface area contributed by atoms with Crippen LogP contribution in [0.25, 0.3) is 5.57 Å². The zero-order valence-corrected chi connectivity index (χ0v) is 7.89. The van der Waals surface area contributed by atoms with E-state index < -0.39 is 0 Å². The topological polar surface area (TPSA) is 0 Å². The Hall–Kier alpha value is -0.820.